The Bertz CT molecular complexity index is 454. The van der Waals surface area contributed by atoms with Crippen LogP contribution in [0.3, 0.4) is 0 Å². The molecule has 1 rings (SSSR count). The van der Waals surface area contributed by atoms with E-state index in [1.165, 1.54) is 4.88 Å². The monoisotopic (exact) mass is 327 g/mol. The van der Waals surface area contributed by atoms with E-state index in [-0.39, 0.29) is 6.09 Å². The number of aryl methyl sites for hydroxylation is 1. The SMILES string of the molecule is CCCN(CCNCc1cnc(CC)s1)C(=O)OC(C)(C)C. The van der Waals surface area contributed by atoms with Gasteiger partial charge >= 0.3 is 6.09 Å². The molecular weight excluding hydrogens is 298 g/mol. The molecule has 1 N–H and O–H groups in total. The van der Waals surface area contributed by atoms with Gasteiger partial charge in [0.2, 0.25) is 0 Å². The summed E-state index contributed by atoms with van der Waals surface area (Å²) in [7, 11) is 0. The van der Waals surface area contributed by atoms with Crippen LogP contribution in [0.15, 0.2) is 6.20 Å². The van der Waals surface area contributed by atoms with Crippen LogP contribution in [-0.2, 0) is 17.7 Å². The molecular formula is C16H29N3O2S. The van der Waals surface area contributed by atoms with Crippen LogP contribution in [-0.4, -0.2) is 41.2 Å². The molecule has 0 radical (unpaired) electrons. The van der Waals surface area contributed by atoms with E-state index in [0.717, 1.165) is 37.5 Å². The van der Waals surface area contributed by atoms with E-state index in [1.807, 2.05) is 27.0 Å². The van der Waals surface area contributed by atoms with Gasteiger partial charge in [-0.15, -0.1) is 11.3 Å². The molecule has 0 saturated heterocycles. The second kappa shape index (κ2) is 9.10. The Morgan fingerprint density at radius 3 is 2.64 bits per heavy atom. The summed E-state index contributed by atoms with van der Waals surface area (Å²) in [6.07, 6.45) is 3.60. The Morgan fingerprint density at radius 2 is 2.09 bits per heavy atom. The lowest BCUT2D eigenvalue weighted by Gasteiger charge is -2.27. The van der Waals surface area contributed by atoms with Gasteiger partial charge in [0.15, 0.2) is 0 Å². The van der Waals surface area contributed by atoms with Crippen molar-refractivity contribution in [2.75, 3.05) is 19.6 Å². The largest absolute Gasteiger partial charge is 0.444 e. The van der Waals surface area contributed by atoms with Crippen molar-refractivity contribution in [1.82, 2.24) is 15.2 Å². The zero-order valence-electron chi connectivity index (χ0n) is 14.4. The minimum Gasteiger partial charge on any atom is -0.444 e. The Hall–Kier alpha value is -1.14. The van der Waals surface area contributed by atoms with E-state index in [4.69, 9.17) is 4.74 Å². The molecule has 1 aromatic heterocycles. The van der Waals surface area contributed by atoms with Crippen molar-refractivity contribution in [3.63, 3.8) is 0 Å². The molecule has 0 aliphatic rings. The quantitative estimate of drug-likeness (QED) is 0.743. The van der Waals surface area contributed by atoms with Crippen molar-refractivity contribution in [2.24, 2.45) is 0 Å². The molecule has 1 aromatic rings. The molecule has 0 fully saturated rings. The van der Waals surface area contributed by atoms with Crippen molar-refractivity contribution >= 4 is 17.4 Å². The molecule has 1 amide bonds. The number of nitrogens with zero attached hydrogens (tertiary/aromatic N) is 2. The van der Waals surface area contributed by atoms with Gasteiger partial charge < -0.3 is 15.0 Å². The predicted molar refractivity (Wildman–Crippen MR) is 91.3 cm³/mol. The summed E-state index contributed by atoms with van der Waals surface area (Å²) in [6, 6.07) is 0. The van der Waals surface area contributed by atoms with Gasteiger partial charge in [0.05, 0.1) is 5.01 Å². The normalized spacial score (nSPS) is 11.5. The highest BCUT2D eigenvalue weighted by molar-refractivity contribution is 7.11. The Balaban J connectivity index is 2.36. The molecule has 1 heterocycles. The Labute approximate surface area is 138 Å². The van der Waals surface area contributed by atoms with Gasteiger partial charge in [-0.3, -0.25) is 0 Å². The summed E-state index contributed by atoms with van der Waals surface area (Å²) in [4.78, 5) is 19.5. The molecule has 6 heteroatoms. The van der Waals surface area contributed by atoms with Crippen LogP contribution in [0.25, 0.3) is 0 Å². The fraction of sp³-hybridized carbons (Fsp3) is 0.750. The van der Waals surface area contributed by atoms with Crippen molar-refractivity contribution < 1.29 is 9.53 Å². The second-order valence-electron chi connectivity index (χ2n) is 6.22. The van der Waals surface area contributed by atoms with Crippen LogP contribution in [0.5, 0.6) is 0 Å². The number of thiazole rings is 1. The first-order valence-corrected chi connectivity index (χ1v) is 8.79. The average Bonchev–Trinajstić information content (AvgIpc) is 2.88. The standard InChI is InChI=1S/C16H29N3O2S/c1-6-9-19(15(20)21-16(3,4)5)10-8-17-11-13-12-18-14(7-2)22-13/h12,17H,6-11H2,1-5H3. The molecule has 126 valence electrons. The molecule has 0 unspecified atom stereocenters. The number of nitrogens with one attached hydrogen (secondary N) is 1. The summed E-state index contributed by atoms with van der Waals surface area (Å²) in [6.45, 7) is 12.8. The second-order valence-corrected chi connectivity index (χ2v) is 7.42. The van der Waals surface area contributed by atoms with Crippen LogP contribution in [0.1, 0.15) is 50.9 Å². The third-order valence-corrected chi connectivity index (χ3v) is 4.05. The summed E-state index contributed by atoms with van der Waals surface area (Å²) in [5, 5.41) is 4.53. The Kier molecular flexibility index (Phi) is 7.82. The van der Waals surface area contributed by atoms with Crippen LogP contribution in [0.4, 0.5) is 4.79 Å². The smallest absolute Gasteiger partial charge is 0.410 e. The van der Waals surface area contributed by atoms with Crippen molar-refractivity contribution in [3.8, 4) is 0 Å². The number of rotatable bonds is 8. The van der Waals surface area contributed by atoms with Gasteiger partial charge in [0.25, 0.3) is 0 Å². The summed E-state index contributed by atoms with van der Waals surface area (Å²) in [5.41, 5.74) is -0.449. The number of ether oxygens (including phenoxy) is 1. The molecule has 0 spiro atoms. The summed E-state index contributed by atoms with van der Waals surface area (Å²) >= 11 is 1.74. The highest BCUT2D eigenvalue weighted by atomic mass is 32.1. The van der Waals surface area contributed by atoms with E-state index in [0.29, 0.717) is 6.54 Å². The molecule has 5 nitrogen and oxygen atoms in total. The van der Waals surface area contributed by atoms with Gasteiger partial charge in [-0.05, 0) is 33.6 Å². The molecule has 0 saturated carbocycles. The maximum absolute atomic E-state index is 12.1. The number of hydrogen-bond acceptors (Lipinski definition) is 5. The van der Waals surface area contributed by atoms with E-state index >= 15 is 0 Å². The number of aromatic nitrogens is 1. The lowest BCUT2D eigenvalue weighted by molar-refractivity contribution is 0.0252. The first kappa shape index (κ1) is 18.9. The molecule has 0 bridgehead atoms. The van der Waals surface area contributed by atoms with Crippen LogP contribution >= 0.6 is 11.3 Å². The highest BCUT2D eigenvalue weighted by Crippen LogP contribution is 2.13. The van der Waals surface area contributed by atoms with Gasteiger partial charge in [-0.25, -0.2) is 9.78 Å². The fourth-order valence-corrected chi connectivity index (χ4v) is 2.74. The minimum absolute atomic E-state index is 0.234. The Morgan fingerprint density at radius 1 is 1.36 bits per heavy atom. The summed E-state index contributed by atoms with van der Waals surface area (Å²) in [5.74, 6) is 0. The van der Waals surface area contributed by atoms with Crippen molar-refractivity contribution in [2.45, 2.75) is 59.6 Å². The van der Waals surface area contributed by atoms with E-state index in [2.05, 4.69) is 24.1 Å². The van der Waals surface area contributed by atoms with Crippen molar-refractivity contribution in [3.05, 3.63) is 16.1 Å². The van der Waals surface area contributed by atoms with Crippen molar-refractivity contribution in [1.29, 1.82) is 0 Å². The molecule has 0 aliphatic heterocycles. The lowest BCUT2D eigenvalue weighted by Crippen LogP contribution is -2.40. The van der Waals surface area contributed by atoms with Crippen LogP contribution in [0, 0.1) is 0 Å². The summed E-state index contributed by atoms with van der Waals surface area (Å²) < 4.78 is 5.44. The number of amides is 1. The minimum atomic E-state index is -0.449. The zero-order chi connectivity index (χ0) is 16.6. The van der Waals surface area contributed by atoms with Crippen LogP contribution in [0.2, 0.25) is 0 Å². The van der Waals surface area contributed by atoms with E-state index < -0.39 is 5.60 Å². The zero-order valence-corrected chi connectivity index (χ0v) is 15.3. The van der Waals surface area contributed by atoms with E-state index in [1.54, 1.807) is 16.2 Å². The number of carbonyl (C=O) groups is 1. The molecule has 0 atom stereocenters. The third kappa shape index (κ3) is 7.22. The third-order valence-electron chi connectivity index (χ3n) is 2.91. The molecule has 0 aliphatic carbocycles. The predicted octanol–water partition coefficient (Wildman–Crippen LogP) is 3.44. The van der Waals surface area contributed by atoms with E-state index in [9.17, 15) is 4.79 Å². The molecule has 22 heavy (non-hydrogen) atoms. The first-order valence-electron chi connectivity index (χ1n) is 7.98. The number of hydrogen-bond donors (Lipinski definition) is 1. The topological polar surface area (TPSA) is 54.5 Å². The highest BCUT2D eigenvalue weighted by Gasteiger charge is 2.21. The average molecular weight is 327 g/mol. The van der Waals surface area contributed by atoms with Gasteiger partial charge in [0.1, 0.15) is 5.60 Å². The van der Waals surface area contributed by atoms with Gasteiger partial charge in [-0.2, -0.15) is 0 Å². The maximum Gasteiger partial charge on any atom is 0.410 e. The fourth-order valence-electron chi connectivity index (χ4n) is 1.91. The first-order chi connectivity index (χ1) is 10.4. The molecule has 0 aromatic carbocycles. The van der Waals surface area contributed by atoms with Gasteiger partial charge in [-0.1, -0.05) is 13.8 Å². The maximum atomic E-state index is 12.1. The number of carbonyl (C=O) groups excluding carboxylic acids is 1. The van der Waals surface area contributed by atoms with Crippen LogP contribution < -0.4 is 5.32 Å². The van der Waals surface area contributed by atoms with Gasteiger partial charge in [0, 0.05) is 37.3 Å². The lowest BCUT2D eigenvalue weighted by atomic mass is 10.2.